The molecule has 10 nitrogen and oxygen atoms in total. The molecule has 0 spiro atoms. The largest absolute Gasteiger partial charge is 0.321 e. The number of rotatable bonds is 7. The van der Waals surface area contributed by atoms with Crippen LogP contribution >= 0.6 is 23.1 Å². The summed E-state index contributed by atoms with van der Waals surface area (Å²) in [6.45, 7) is 0. The number of thiazole rings is 1. The van der Waals surface area contributed by atoms with Gasteiger partial charge in [0.05, 0.1) is 37.6 Å². The molecule has 1 aromatic heterocycles. The Labute approximate surface area is 254 Å². The highest BCUT2D eigenvalue weighted by Crippen LogP contribution is 2.43. The van der Waals surface area contributed by atoms with Crippen LogP contribution in [0.3, 0.4) is 0 Å². The van der Waals surface area contributed by atoms with Crippen molar-refractivity contribution < 1.29 is 19.3 Å². The first-order chi connectivity index (χ1) is 20.8. The number of carbonyl (C=O) groups is 3. The Kier molecular flexibility index (Phi) is 7.75. The zero-order valence-corrected chi connectivity index (χ0v) is 24.2. The number of hydrogen-bond donors (Lipinski definition) is 1. The first-order valence-electron chi connectivity index (χ1n) is 13.6. The van der Waals surface area contributed by atoms with Gasteiger partial charge >= 0.3 is 0 Å². The van der Waals surface area contributed by atoms with Crippen molar-refractivity contribution in [2.24, 2.45) is 11.8 Å². The molecule has 4 aromatic rings. The van der Waals surface area contributed by atoms with E-state index in [4.69, 9.17) is 0 Å². The molecule has 1 aliphatic heterocycles. The number of nitrogens with zero attached hydrogens (tertiary/aromatic N) is 4. The second kappa shape index (κ2) is 11.8. The lowest BCUT2D eigenvalue weighted by Crippen LogP contribution is -2.30. The molecule has 3 amide bonds. The summed E-state index contributed by atoms with van der Waals surface area (Å²) in [5.41, 5.74) is 1.61. The lowest BCUT2D eigenvalue weighted by atomic mass is 9.81. The van der Waals surface area contributed by atoms with Gasteiger partial charge in [-0.05, 0) is 60.9 Å². The highest BCUT2D eigenvalue weighted by atomic mass is 32.2. The number of amides is 3. The van der Waals surface area contributed by atoms with E-state index in [1.807, 2.05) is 6.07 Å². The Morgan fingerprint density at radius 3 is 2.47 bits per heavy atom. The van der Waals surface area contributed by atoms with Gasteiger partial charge in [0.1, 0.15) is 11.6 Å². The predicted octanol–water partition coefficient (Wildman–Crippen LogP) is 6.58. The standard InChI is InChI=1S/C31H23N5O5S2/c32-17-19(28(37)33-20-6-2-1-3-7-20)14-18-10-13-26(25(15-18)36(40)41)42-31-34-24-12-11-21(16-27(24)43-31)35-29(38)22-8-4-5-9-23(22)30(35)39/h1-3,6-7,10-16,22-23H,4-5,8-9H2,(H,33,37)/b19-14+/t22-,23-/m0/s1. The van der Waals surface area contributed by atoms with E-state index in [-0.39, 0.29) is 34.9 Å². The maximum atomic E-state index is 13.0. The summed E-state index contributed by atoms with van der Waals surface area (Å²) in [7, 11) is 0. The van der Waals surface area contributed by atoms with E-state index < -0.39 is 10.8 Å². The fourth-order valence-electron chi connectivity index (χ4n) is 5.47. The Balaban J connectivity index is 1.23. The van der Waals surface area contributed by atoms with E-state index in [1.165, 1.54) is 28.4 Å². The third-order valence-electron chi connectivity index (χ3n) is 7.54. The number of aromatic nitrogens is 1. The van der Waals surface area contributed by atoms with Gasteiger partial charge in [0.25, 0.3) is 11.6 Å². The van der Waals surface area contributed by atoms with E-state index in [2.05, 4.69) is 10.3 Å². The average molecular weight is 610 g/mol. The van der Waals surface area contributed by atoms with Crippen LogP contribution in [0.2, 0.25) is 0 Å². The van der Waals surface area contributed by atoms with Crippen molar-refractivity contribution >= 4 is 74.2 Å². The molecule has 2 aliphatic rings. The zero-order valence-electron chi connectivity index (χ0n) is 22.6. The molecule has 0 bridgehead atoms. The fourth-order valence-corrected chi connectivity index (χ4v) is 7.62. The van der Waals surface area contributed by atoms with Gasteiger partial charge in [-0.25, -0.2) is 4.98 Å². The van der Waals surface area contributed by atoms with Crippen molar-refractivity contribution in [1.82, 2.24) is 4.98 Å². The van der Waals surface area contributed by atoms with Gasteiger partial charge in [0.15, 0.2) is 4.34 Å². The van der Waals surface area contributed by atoms with E-state index in [9.17, 15) is 29.8 Å². The quantitative estimate of drug-likeness (QED) is 0.0813. The highest BCUT2D eigenvalue weighted by molar-refractivity contribution is 8.01. The van der Waals surface area contributed by atoms with E-state index >= 15 is 0 Å². The number of nitro groups is 1. The Morgan fingerprint density at radius 2 is 1.79 bits per heavy atom. The molecule has 12 heteroatoms. The monoisotopic (exact) mass is 609 g/mol. The lowest BCUT2D eigenvalue weighted by Gasteiger charge is -2.19. The number of carbonyl (C=O) groups excluding carboxylic acids is 3. The minimum atomic E-state index is -0.625. The second-order valence-corrected chi connectivity index (χ2v) is 12.5. The van der Waals surface area contributed by atoms with Gasteiger partial charge in [0, 0.05) is 11.8 Å². The van der Waals surface area contributed by atoms with E-state index in [1.54, 1.807) is 60.7 Å². The normalized spacial score (nSPS) is 18.4. The van der Waals surface area contributed by atoms with Crippen LogP contribution in [0, 0.1) is 33.3 Å². The minimum absolute atomic E-state index is 0.143. The third-order valence-corrected chi connectivity index (χ3v) is 9.68. The molecule has 43 heavy (non-hydrogen) atoms. The van der Waals surface area contributed by atoms with Crippen LogP contribution in [0.4, 0.5) is 17.1 Å². The molecular formula is C31H23N5O5S2. The molecule has 0 unspecified atom stereocenters. The van der Waals surface area contributed by atoms with Crippen LogP contribution in [0.5, 0.6) is 0 Å². The number of hydrogen-bond acceptors (Lipinski definition) is 9. The Morgan fingerprint density at radius 1 is 1.07 bits per heavy atom. The SMILES string of the molecule is N#C/C(=C\c1ccc(Sc2nc3ccc(N4C(=O)[C@H]5CCCC[C@@H]5C4=O)cc3s2)c([N+](=O)[O-])c1)C(=O)Nc1ccccc1. The summed E-state index contributed by atoms with van der Waals surface area (Å²) >= 11 is 2.43. The predicted molar refractivity (Wildman–Crippen MR) is 163 cm³/mol. The number of nitriles is 1. The third kappa shape index (κ3) is 5.64. The van der Waals surface area contributed by atoms with Gasteiger partial charge in [-0.3, -0.25) is 29.4 Å². The van der Waals surface area contributed by atoms with Crippen molar-refractivity contribution in [3.05, 3.63) is 88.0 Å². The molecule has 2 atom stereocenters. The molecule has 214 valence electrons. The zero-order chi connectivity index (χ0) is 30.1. The number of fused-ring (bicyclic) bond motifs is 2. The van der Waals surface area contributed by atoms with Gasteiger partial charge in [-0.2, -0.15) is 5.26 Å². The number of para-hydroxylation sites is 1. The number of imide groups is 1. The summed E-state index contributed by atoms with van der Waals surface area (Å²) in [5, 5.41) is 24.1. The van der Waals surface area contributed by atoms with Gasteiger partial charge in [-0.1, -0.05) is 48.9 Å². The number of anilines is 2. The van der Waals surface area contributed by atoms with Crippen LogP contribution in [0.25, 0.3) is 16.3 Å². The molecule has 6 rings (SSSR count). The molecule has 1 N–H and O–H groups in total. The molecular weight excluding hydrogens is 587 g/mol. The van der Waals surface area contributed by atoms with Gasteiger partial charge in [-0.15, -0.1) is 11.3 Å². The maximum absolute atomic E-state index is 13.0. The molecule has 1 saturated carbocycles. The van der Waals surface area contributed by atoms with E-state index in [0.29, 0.717) is 31.7 Å². The number of benzene rings is 3. The molecule has 1 aliphatic carbocycles. The van der Waals surface area contributed by atoms with Crippen LogP contribution in [0.1, 0.15) is 31.2 Å². The summed E-state index contributed by atoms with van der Waals surface area (Å²) in [6.07, 6.45) is 4.68. The highest BCUT2D eigenvalue weighted by Gasteiger charge is 2.48. The first kappa shape index (κ1) is 28.3. The summed E-state index contributed by atoms with van der Waals surface area (Å²) < 4.78 is 1.30. The van der Waals surface area contributed by atoms with Crippen LogP contribution in [-0.4, -0.2) is 27.6 Å². The van der Waals surface area contributed by atoms with Crippen molar-refractivity contribution in [3.63, 3.8) is 0 Å². The summed E-state index contributed by atoms with van der Waals surface area (Å²) in [6, 6.07) is 20.2. The molecule has 0 radical (unpaired) electrons. The van der Waals surface area contributed by atoms with Crippen LogP contribution < -0.4 is 10.2 Å². The van der Waals surface area contributed by atoms with Gasteiger partial charge < -0.3 is 5.32 Å². The van der Waals surface area contributed by atoms with Crippen molar-refractivity contribution in [2.45, 2.75) is 34.9 Å². The number of nitrogens with one attached hydrogen (secondary N) is 1. The van der Waals surface area contributed by atoms with Crippen molar-refractivity contribution in [3.8, 4) is 6.07 Å². The van der Waals surface area contributed by atoms with Gasteiger partial charge in [0.2, 0.25) is 11.8 Å². The summed E-state index contributed by atoms with van der Waals surface area (Å²) in [5.74, 6) is -1.40. The topological polar surface area (TPSA) is 146 Å². The Hall–Kier alpha value is -4.86. The van der Waals surface area contributed by atoms with Crippen molar-refractivity contribution in [1.29, 1.82) is 5.26 Å². The van der Waals surface area contributed by atoms with Crippen LogP contribution in [-0.2, 0) is 14.4 Å². The lowest BCUT2D eigenvalue weighted by molar-refractivity contribution is -0.387. The van der Waals surface area contributed by atoms with Crippen LogP contribution in [0.15, 0.2) is 81.5 Å². The number of nitro benzene ring substituents is 1. The molecule has 2 fully saturated rings. The summed E-state index contributed by atoms with van der Waals surface area (Å²) in [4.78, 5) is 56.4. The Bertz CT molecular complexity index is 1840. The van der Waals surface area contributed by atoms with Crippen molar-refractivity contribution in [2.75, 3.05) is 10.2 Å². The van der Waals surface area contributed by atoms with E-state index in [0.717, 1.165) is 42.1 Å². The average Bonchev–Trinajstić information content (AvgIpc) is 3.53. The smallest absolute Gasteiger partial charge is 0.283 e. The second-order valence-electron chi connectivity index (χ2n) is 10.2. The fraction of sp³-hybridized carbons (Fsp3) is 0.194. The molecule has 2 heterocycles. The maximum Gasteiger partial charge on any atom is 0.283 e. The molecule has 1 saturated heterocycles. The first-order valence-corrected chi connectivity index (χ1v) is 15.2. The molecule has 3 aromatic carbocycles. The minimum Gasteiger partial charge on any atom is -0.321 e.